The first-order chi connectivity index (χ1) is 13.5. The van der Waals surface area contributed by atoms with E-state index >= 15 is 0 Å². The second-order valence-corrected chi connectivity index (χ2v) is 9.21. The van der Waals surface area contributed by atoms with Gasteiger partial charge in [-0.1, -0.05) is 73.4 Å². The molecule has 1 heterocycles. The van der Waals surface area contributed by atoms with Crippen LogP contribution in [0.2, 0.25) is 0 Å². The van der Waals surface area contributed by atoms with Crippen molar-refractivity contribution in [3.8, 4) is 0 Å². The lowest BCUT2D eigenvalue weighted by atomic mass is 10.1. The molecule has 0 unspecified atom stereocenters. The number of rotatable bonds is 9. The summed E-state index contributed by atoms with van der Waals surface area (Å²) in [5.41, 5.74) is 3.28. The quantitative estimate of drug-likeness (QED) is 0.453. The van der Waals surface area contributed by atoms with Crippen molar-refractivity contribution in [2.75, 3.05) is 13.2 Å². The Balaban J connectivity index is 1.80. The van der Waals surface area contributed by atoms with Gasteiger partial charge in [-0.25, -0.2) is 8.42 Å². The van der Waals surface area contributed by atoms with Gasteiger partial charge < -0.3 is 4.74 Å². The number of ether oxygens (including phenoxy) is 1. The Hall–Kier alpha value is -1.95. The fourth-order valence-corrected chi connectivity index (χ4v) is 4.84. The molecule has 1 aliphatic rings. The molecule has 0 saturated heterocycles. The van der Waals surface area contributed by atoms with Crippen LogP contribution in [-0.2, 0) is 21.2 Å². The summed E-state index contributed by atoms with van der Waals surface area (Å²) >= 11 is 0. The molecule has 5 heteroatoms. The topological polar surface area (TPSA) is 46.6 Å². The highest BCUT2D eigenvalue weighted by molar-refractivity contribution is 7.89. The standard InChI is InChI=1S/C23H29NO3S/c1-3-4-8-15-27-23-17-21(16-20-9-6-5-7-10-20)18-24(23)28(25,26)22-13-11-19(2)12-14-22/h5-7,9-14,17,23H,3-4,8,15-16,18H2,1-2H3/t23-/m0/s1. The van der Waals surface area contributed by atoms with Crippen LogP contribution < -0.4 is 0 Å². The zero-order valence-corrected chi connectivity index (χ0v) is 17.5. The van der Waals surface area contributed by atoms with Gasteiger partial charge in [-0.3, -0.25) is 0 Å². The van der Waals surface area contributed by atoms with E-state index in [9.17, 15) is 8.42 Å². The van der Waals surface area contributed by atoms with Gasteiger partial charge in [0, 0.05) is 13.2 Å². The van der Waals surface area contributed by atoms with Gasteiger partial charge in [0.2, 0.25) is 10.0 Å². The zero-order valence-electron chi connectivity index (χ0n) is 16.7. The second-order valence-electron chi connectivity index (χ2n) is 7.32. The normalized spacial score (nSPS) is 17.6. The van der Waals surface area contributed by atoms with Gasteiger partial charge in [-0.15, -0.1) is 0 Å². The van der Waals surface area contributed by atoms with E-state index in [-0.39, 0.29) is 0 Å². The molecule has 4 nitrogen and oxygen atoms in total. The van der Waals surface area contributed by atoms with Gasteiger partial charge in [-0.2, -0.15) is 4.31 Å². The molecule has 28 heavy (non-hydrogen) atoms. The molecule has 2 aromatic carbocycles. The highest BCUT2D eigenvalue weighted by Gasteiger charge is 2.36. The lowest BCUT2D eigenvalue weighted by Crippen LogP contribution is -2.38. The molecule has 0 saturated carbocycles. The Bertz CT molecular complexity index is 889. The Morgan fingerprint density at radius 1 is 1.04 bits per heavy atom. The summed E-state index contributed by atoms with van der Waals surface area (Å²) in [6, 6.07) is 17.1. The van der Waals surface area contributed by atoms with Crippen LogP contribution in [0.15, 0.2) is 71.1 Å². The van der Waals surface area contributed by atoms with E-state index in [1.807, 2.05) is 43.3 Å². The highest BCUT2D eigenvalue weighted by atomic mass is 32.2. The number of unbranched alkanes of at least 4 members (excludes halogenated alkanes) is 2. The lowest BCUT2D eigenvalue weighted by Gasteiger charge is -2.24. The fourth-order valence-electron chi connectivity index (χ4n) is 3.36. The Morgan fingerprint density at radius 2 is 1.75 bits per heavy atom. The van der Waals surface area contributed by atoms with Crippen molar-refractivity contribution < 1.29 is 13.2 Å². The summed E-state index contributed by atoms with van der Waals surface area (Å²) in [6.45, 7) is 5.02. The van der Waals surface area contributed by atoms with Gasteiger partial charge >= 0.3 is 0 Å². The van der Waals surface area contributed by atoms with E-state index in [2.05, 4.69) is 19.1 Å². The molecular weight excluding hydrogens is 370 g/mol. The minimum atomic E-state index is -3.62. The van der Waals surface area contributed by atoms with Crippen LogP contribution in [0.3, 0.4) is 0 Å². The largest absolute Gasteiger partial charge is 0.358 e. The van der Waals surface area contributed by atoms with E-state index in [1.165, 1.54) is 9.87 Å². The maximum Gasteiger partial charge on any atom is 0.245 e. The van der Waals surface area contributed by atoms with Crippen molar-refractivity contribution in [2.24, 2.45) is 0 Å². The maximum absolute atomic E-state index is 13.3. The smallest absolute Gasteiger partial charge is 0.245 e. The van der Waals surface area contributed by atoms with Crippen molar-refractivity contribution in [3.63, 3.8) is 0 Å². The second kappa shape index (κ2) is 9.50. The average Bonchev–Trinajstić information content (AvgIpc) is 3.10. The molecular formula is C23H29NO3S. The molecule has 0 bridgehead atoms. The highest BCUT2D eigenvalue weighted by Crippen LogP contribution is 2.28. The first kappa shape index (κ1) is 20.8. The number of hydrogen-bond donors (Lipinski definition) is 0. The van der Waals surface area contributed by atoms with Crippen LogP contribution in [0, 0.1) is 6.92 Å². The summed E-state index contributed by atoms with van der Waals surface area (Å²) in [6.07, 6.45) is 5.29. The van der Waals surface area contributed by atoms with E-state index in [1.54, 1.807) is 12.1 Å². The summed E-state index contributed by atoms with van der Waals surface area (Å²) in [4.78, 5) is 0.314. The molecule has 0 aliphatic carbocycles. The van der Waals surface area contributed by atoms with Crippen molar-refractivity contribution in [1.29, 1.82) is 0 Å². The van der Waals surface area contributed by atoms with Gasteiger partial charge in [0.05, 0.1) is 4.90 Å². The van der Waals surface area contributed by atoms with Gasteiger partial charge in [-0.05, 0) is 43.5 Å². The van der Waals surface area contributed by atoms with Crippen LogP contribution >= 0.6 is 0 Å². The van der Waals surface area contributed by atoms with Crippen LogP contribution in [0.4, 0.5) is 0 Å². The minimum absolute atomic E-state index is 0.314. The summed E-state index contributed by atoms with van der Waals surface area (Å²) in [5, 5.41) is 0. The number of nitrogens with zero attached hydrogens (tertiary/aromatic N) is 1. The third-order valence-corrected chi connectivity index (χ3v) is 6.78. The minimum Gasteiger partial charge on any atom is -0.358 e. The van der Waals surface area contributed by atoms with Gasteiger partial charge in [0.1, 0.15) is 6.23 Å². The Kier molecular flexibility index (Phi) is 7.05. The van der Waals surface area contributed by atoms with Crippen molar-refractivity contribution >= 4 is 10.0 Å². The van der Waals surface area contributed by atoms with Gasteiger partial charge in [0.25, 0.3) is 0 Å². The van der Waals surface area contributed by atoms with Crippen molar-refractivity contribution in [3.05, 3.63) is 77.4 Å². The number of benzene rings is 2. The number of aryl methyl sites for hydroxylation is 1. The van der Waals surface area contributed by atoms with Crippen LogP contribution in [0.1, 0.15) is 37.3 Å². The first-order valence-corrected chi connectivity index (χ1v) is 11.4. The molecule has 2 aromatic rings. The molecule has 1 aliphatic heterocycles. The number of sulfonamides is 1. The van der Waals surface area contributed by atoms with Crippen molar-refractivity contribution in [1.82, 2.24) is 4.31 Å². The van der Waals surface area contributed by atoms with Crippen LogP contribution in [0.25, 0.3) is 0 Å². The first-order valence-electron chi connectivity index (χ1n) is 9.94. The molecule has 0 radical (unpaired) electrons. The number of hydrogen-bond acceptors (Lipinski definition) is 3. The van der Waals surface area contributed by atoms with Crippen LogP contribution in [-0.4, -0.2) is 32.1 Å². The maximum atomic E-state index is 13.3. The molecule has 150 valence electrons. The van der Waals surface area contributed by atoms with Crippen LogP contribution in [0.5, 0.6) is 0 Å². The van der Waals surface area contributed by atoms with Gasteiger partial charge in [0.15, 0.2) is 0 Å². The average molecular weight is 400 g/mol. The SMILES string of the molecule is CCCCCO[C@H]1C=C(Cc2ccccc2)CN1S(=O)(=O)c1ccc(C)cc1. The Labute approximate surface area is 168 Å². The Morgan fingerprint density at radius 3 is 2.43 bits per heavy atom. The monoisotopic (exact) mass is 399 g/mol. The summed E-state index contributed by atoms with van der Waals surface area (Å²) in [5.74, 6) is 0. The molecule has 1 atom stereocenters. The molecule has 0 spiro atoms. The fraction of sp³-hybridized carbons (Fsp3) is 0.391. The molecule has 0 N–H and O–H groups in total. The molecule has 0 aromatic heterocycles. The van der Waals surface area contributed by atoms with E-state index < -0.39 is 16.3 Å². The molecule has 0 fully saturated rings. The lowest BCUT2D eigenvalue weighted by molar-refractivity contribution is 0.0237. The molecule has 3 rings (SSSR count). The summed E-state index contributed by atoms with van der Waals surface area (Å²) < 4.78 is 34.0. The predicted molar refractivity (Wildman–Crippen MR) is 113 cm³/mol. The zero-order chi connectivity index (χ0) is 20.0. The predicted octanol–water partition coefficient (Wildman–Crippen LogP) is 4.70. The van der Waals surface area contributed by atoms with E-state index in [0.717, 1.165) is 36.8 Å². The third-order valence-electron chi connectivity index (χ3n) is 4.96. The van der Waals surface area contributed by atoms with Crippen molar-refractivity contribution in [2.45, 2.75) is 50.7 Å². The van der Waals surface area contributed by atoms with E-state index in [0.29, 0.717) is 18.0 Å². The molecule has 0 amide bonds. The third kappa shape index (κ3) is 5.10. The summed E-state index contributed by atoms with van der Waals surface area (Å²) in [7, 11) is -3.62. The van der Waals surface area contributed by atoms with E-state index in [4.69, 9.17) is 4.74 Å².